The normalized spacial score (nSPS) is 11.9. The lowest BCUT2D eigenvalue weighted by molar-refractivity contribution is 0.385. The Bertz CT molecular complexity index is 370. The Morgan fingerprint density at radius 3 is 2.87 bits per heavy atom. The molecule has 15 heavy (non-hydrogen) atoms. The van der Waals surface area contributed by atoms with Crippen LogP contribution in [0.4, 0.5) is 4.39 Å². The van der Waals surface area contributed by atoms with Gasteiger partial charge in [-0.05, 0) is 24.1 Å². The summed E-state index contributed by atoms with van der Waals surface area (Å²) in [4.78, 5) is 0. The number of hydrogen-bond acceptors (Lipinski definition) is 2. The van der Waals surface area contributed by atoms with Gasteiger partial charge in [-0.25, -0.2) is 4.39 Å². The molecule has 1 aromatic carbocycles. The molecule has 0 heterocycles. The van der Waals surface area contributed by atoms with Crippen LogP contribution in [0.2, 0.25) is 0 Å². The molecule has 0 bridgehead atoms. The van der Waals surface area contributed by atoms with Gasteiger partial charge in [0.15, 0.2) is 11.6 Å². The molecule has 0 radical (unpaired) electrons. The topological polar surface area (TPSA) is 35.2 Å². The highest BCUT2D eigenvalue weighted by Gasteiger charge is 2.09. The minimum Gasteiger partial charge on any atom is -0.494 e. The van der Waals surface area contributed by atoms with Crippen molar-refractivity contribution >= 4 is 0 Å². The number of halogens is 1. The smallest absolute Gasteiger partial charge is 0.165 e. The van der Waals surface area contributed by atoms with E-state index in [0.29, 0.717) is 12.8 Å². The highest BCUT2D eigenvalue weighted by molar-refractivity contribution is 5.30. The van der Waals surface area contributed by atoms with Gasteiger partial charge >= 0.3 is 0 Å². The largest absolute Gasteiger partial charge is 0.494 e. The second-order valence-electron chi connectivity index (χ2n) is 3.24. The Balaban J connectivity index is 2.79. The van der Waals surface area contributed by atoms with Gasteiger partial charge in [-0.1, -0.05) is 6.07 Å². The molecule has 80 valence electrons. The molecule has 1 unspecified atom stereocenters. The Morgan fingerprint density at radius 1 is 1.60 bits per heavy atom. The Labute approximate surface area is 89.2 Å². The molecule has 0 fully saturated rings. The van der Waals surface area contributed by atoms with Crippen LogP contribution in [0, 0.1) is 18.2 Å². The first-order chi connectivity index (χ1) is 7.19. The summed E-state index contributed by atoms with van der Waals surface area (Å²) in [5.74, 6) is 2.33. The quantitative estimate of drug-likeness (QED) is 0.768. The molecule has 0 aliphatic heterocycles. The van der Waals surface area contributed by atoms with Crippen LogP contribution in [0.25, 0.3) is 0 Å². The number of nitrogens with two attached hydrogens (primary N) is 1. The van der Waals surface area contributed by atoms with Gasteiger partial charge in [-0.15, -0.1) is 12.3 Å². The molecule has 2 nitrogen and oxygen atoms in total. The molecule has 0 aliphatic carbocycles. The third-order valence-electron chi connectivity index (χ3n) is 2.20. The SMILES string of the molecule is C#CCCC(N)c1ccc(OC)c(F)c1. The minimum atomic E-state index is -0.397. The van der Waals surface area contributed by atoms with E-state index < -0.39 is 5.82 Å². The maximum Gasteiger partial charge on any atom is 0.165 e. The lowest BCUT2D eigenvalue weighted by Crippen LogP contribution is -2.10. The van der Waals surface area contributed by atoms with E-state index in [1.165, 1.54) is 13.2 Å². The van der Waals surface area contributed by atoms with Crippen molar-refractivity contribution in [2.24, 2.45) is 5.73 Å². The molecule has 3 heteroatoms. The van der Waals surface area contributed by atoms with Crippen LogP contribution in [0.3, 0.4) is 0 Å². The Morgan fingerprint density at radius 2 is 2.33 bits per heavy atom. The van der Waals surface area contributed by atoms with Crippen molar-refractivity contribution in [3.8, 4) is 18.1 Å². The maximum absolute atomic E-state index is 13.3. The highest BCUT2D eigenvalue weighted by atomic mass is 19.1. The summed E-state index contributed by atoms with van der Waals surface area (Å²) in [6.07, 6.45) is 6.38. The Hall–Kier alpha value is -1.53. The molecule has 0 saturated carbocycles. The van der Waals surface area contributed by atoms with Crippen LogP contribution in [-0.4, -0.2) is 7.11 Å². The first kappa shape index (κ1) is 11.5. The average Bonchev–Trinajstić information content (AvgIpc) is 2.25. The van der Waals surface area contributed by atoms with Crippen LogP contribution in [0.15, 0.2) is 18.2 Å². The zero-order valence-corrected chi connectivity index (χ0v) is 8.66. The summed E-state index contributed by atoms with van der Waals surface area (Å²) < 4.78 is 18.1. The first-order valence-electron chi connectivity index (χ1n) is 4.71. The van der Waals surface area contributed by atoms with E-state index in [1.54, 1.807) is 12.1 Å². The first-order valence-corrected chi connectivity index (χ1v) is 4.71. The number of hydrogen-bond donors (Lipinski definition) is 1. The van der Waals surface area contributed by atoms with Crippen LogP contribution < -0.4 is 10.5 Å². The zero-order chi connectivity index (χ0) is 11.3. The van der Waals surface area contributed by atoms with E-state index in [1.807, 2.05) is 0 Å². The van der Waals surface area contributed by atoms with Crippen molar-refractivity contribution in [2.75, 3.05) is 7.11 Å². The van der Waals surface area contributed by atoms with Gasteiger partial charge < -0.3 is 10.5 Å². The predicted molar refractivity (Wildman–Crippen MR) is 57.9 cm³/mol. The molecular formula is C12H14FNO. The molecule has 0 spiro atoms. The molecule has 0 aliphatic rings. The van der Waals surface area contributed by atoms with E-state index in [2.05, 4.69) is 5.92 Å². The minimum absolute atomic E-state index is 0.221. The lowest BCUT2D eigenvalue weighted by atomic mass is 10.0. The van der Waals surface area contributed by atoms with E-state index in [4.69, 9.17) is 16.9 Å². The summed E-state index contributed by atoms with van der Waals surface area (Å²) in [6, 6.07) is 4.49. The van der Waals surface area contributed by atoms with Gasteiger partial charge in [0.2, 0.25) is 0 Å². The number of benzene rings is 1. The maximum atomic E-state index is 13.3. The van der Waals surface area contributed by atoms with Crippen molar-refractivity contribution in [1.29, 1.82) is 0 Å². The van der Waals surface area contributed by atoms with E-state index in [-0.39, 0.29) is 11.8 Å². The summed E-state index contributed by atoms with van der Waals surface area (Å²) in [6.45, 7) is 0. The second-order valence-corrected chi connectivity index (χ2v) is 3.24. The van der Waals surface area contributed by atoms with Crippen LogP contribution in [0.1, 0.15) is 24.4 Å². The van der Waals surface area contributed by atoms with Crippen molar-refractivity contribution in [1.82, 2.24) is 0 Å². The fourth-order valence-electron chi connectivity index (χ4n) is 1.32. The van der Waals surface area contributed by atoms with Gasteiger partial charge in [-0.2, -0.15) is 0 Å². The fraction of sp³-hybridized carbons (Fsp3) is 0.333. The van der Waals surface area contributed by atoms with Crippen molar-refractivity contribution in [3.63, 3.8) is 0 Å². The van der Waals surface area contributed by atoms with E-state index >= 15 is 0 Å². The fourth-order valence-corrected chi connectivity index (χ4v) is 1.32. The molecule has 2 N–H and O–H groups in total. The van der Waals surface area contributed by atoms with Crippen molar-refractivity contribution in [2.45, 2.75) is 18.9 Å². The lowest BCUT2D eigenvalue weighted by Gasteiger charge is -2.11. The summed E-state index contributed by atoms with van der Waals surface area (Å²) in [5.41, 5.74) is 6.58. The molecule has 0 saturated heterocycles. The third kappa shape index (κ3) is 2.97. The van der Waals surface area contributed by atoms with Crippen LogP contribution in [0.5, 0.6) is 5.75 Å². The number of methoxy groups -OCH3 is 1. The molecular weight excluding hydrogens is 193 g/mol. The monoisotopic (exact) mass is 207 g/mol. The molecule has 1 atom stereocenters. The molecule has 0 aromatic heterocycles. The van der Waals surface area contributed by atoms with Gasteiger partial charge in [0, 0.05) is 12.5 Å². The number of rotatable bonds is 4. The molecule has 0 amide bonds. The van der Waals surface area contributed by atoms with Crippen LogP contribution >= 0.6 is 0 Å². The van der Waals surface area contributed by atoms with Crippen molar-refractivity contribution < 1.29 is 9.13 Å². The van der Waals surface area contributed by atoms with E-state index in [9.17, 15) is 4.39 Å². The zero-order valence-electron chi connectivity index (χ0n) is 8.66. The van der Waals surface area contributed by atoms with Gasteiger partial charge in [0.25, 0.3) is 0 Å². The van der Waals surface area contributed by atoms with Crippen molar-refractivity contribution in [3.05, 3.63) is 29.6 Å². The summed E-state index contributed by atoms with van der Waals surface area (Å²) in [5, 5.41) is 0. The van der Waals surface area contributed by atoms with Gasteiger partial charge in [0.05, 0.1) is 7.11 Å². The number of ether oxygens (including phenoxy) is 1. The van der Waals surface area contributed by atoms with E-state index in [0.717, 1.165) is 5.56 Å². The predicted octanol–water partition coefficient (Wildman–Crippen LogP) is 2.25. The number of terminal acetylenes is 1. The summed E-state index contributed by atoms with van der Waals surface area (Å²) in [7, 11) is 1.43. The summed E-state index contributed by atoms with van der Waals surface area (Å²) >= 11 is 0. The average molecular weight is 207 g/mol. The standard InChI is InChI=1S/C12H14FNO/c1-3-4-5-11(14)9-6-7-12(15-2)10(13)8-9/h1,6-8,11H,4-5,14H2,2H3. The molecule has 1 rings (SSSR count). The third-order valence-corrected chi connectivity index (χ3v) is 2.20. The van der Waals surface area contributed by atoms with Gasteiger partial charge in [0.1, 0.15) is 0 Å². The second kappa shape index (κ2) is 5.38. The highest BCUT2D eigenvalue weighted by Crippen LogP contribution is 2.22. The van der Waals surface area contributed by atoms with Gasteiger partial charge in [-0.3, -0.25) is 0 Å². The Kier molecular flexibility index (Phi) is 4.14. The molecule has 1 aromatic rings. The van der Waals surface area contributed by atoms with Crippen LogP contribution in [-0.2, 0) is 0 Å².